The summed E-state index contributed by atoms with van der Waals surface area (Å²) in [4.78, 5) is 18.5. The molecule has 3 rings (SSSR count). The number of hydrogen-bond donors (Lipinski definition) is 0. The Morgan fingerprint density at radius 3 is 3.04 bits per heavy atom. The SMILES string of the molecule is COc1cccc(C2CCCN2C(=O)COCc2ncnn2C)c1. The van der Waals surface area contributed by atoms with E-state index in [1.165, 1.54) is 6.33 Å². The van der Waals surface area contributed by atoms with Crippen LogP contribution in [0.2, 0.25) is 0 Å². The van der Waals surface area contributed by atoms with E-state index in [4.69, 9.17) is 9.47 Å². The molecule has 1 aromatic carbocycles. The highest BCUT2D eigenvalue weighted by atomic mass is 16.5. The highest BCUT2D eigenvalue weighted by Crippen LogP contribution is 2.33. The topological polar surface area (TPSA) is 69.5 Å². The van der Waals surface area contributed by atoms with Crippen LogP contribution < -0.4 is 4.74 Å². The molecule has 7 heteroatoms. The number of carbonyl (C=O) groups is 1. The quantitative estimate of drug-likeness (QED) is 0.806. The predicted molar refractivity (Wildman–Crippen MR) is 87.3 cm³/mol. The molecule has 2 heterocycles. The van der Waals surface area contributed by atoms with Gasteiger partial charge in [0.1, 0.15) is 25.3 Å². The number of methoxy groups -OCH3 is 1. The molecule has 1 atom stereocenters. The maximum absolute atomic E-state index is 12.5. The van der Waals surface area contributed by atoms with Gasteiger partial charge in [-0.25, -0.2) is 4.98 Å². The number of aryl methyl sites for hydroxylation is 1. The predicted octanol–water partition coefficient (Wildman–Crippen LogP) is 1.70. The van der Waals surface area contributed by atoms with E-state index in [1.807, 2.05) is 29.2 Å². The number of hydrogen-bond acceptors (Lipinski definition) is 5. The summed E-state index contributed by atoms with van der Waals surface area (Å²) in [7, 11) is 3.45. The van der Waals surface area contributed by atoms with E-state index >= 15 is 0 Å². The first-order valence-electron chi connectivity index (χ1n) is 8.03. The molecule has 128 valence electrons. The zero-order valence-electron chi connectivity index (χ0n) is 14.0. The Morgan fingerprint density at radius 2 is 2.29 bits per heavy atom. The van der Waals surface area contributed by atoms with Gasteiger partial charge < -0.3 is 14.4 Å². The minimum Gasteiger partial charge on any atom is -0.497 e. The van der Waals surface area contributed by atoms with Gasteiger partial charge in [-0.05, 0) is 30.5 Å². The Kier molecular flexibility index (Phi) is 5.10. The average molecular weight is 330 g/mol. The van der Waals surface area contributed by atoms with Gasteiger partial charge in [0.05, 0.1) is 13.2 Å². The molecule has 1 amide bonds. The van der Waals surface area contributed by atoms with Crippen LogP contribution in [0.1, 0.15) is 30.3 Å². The first kappa shape index (κ1) is 16.4. The number of rotatable bonds is 6. The number of benzene rings is 1. The van der Waals surface area contributed by atoms with Crippen LogP contribution in [0.4, 0.5) is 0 Å². The molecule has 7 nitrogen and oxygen atoms in total. The van der Waals surface area contributed by atoms with Crippen LogP contribution in [0.3, 0.4) is 0 Å². The Balaban J connectivity index is 1.60. The Morgan fingerprint density at radius 1 is 1.42 bits per heavy atom. The highest BCUT2D eigenvalue weighted by Gasteiger charge is 2.30. The summed E-state index contributed by atoms with van der Waals surface area (Å²) in [6, 6.07) is 8.00. The molecule has 24 heavy (non-hydrogen) atoms. The van der Waals surface area contributed by atoms with Crippen molar-refractivity contribution < 1.29 is 14.3 Å². The number of ether oxygens (including phenoxy) is 2. The fraction of sp³-hybridized carbons (Fsp3) is 0.471. The monoisotopic (exact) mass is 330 g/mol. The van der Waals surface area contributed by atoms with E-state index in [9.17, 15) is 4.79 Å². The molecular formula is C17H22N4O3. The fourth-order valence-corrected chi connectivity index (χ4v) is 3.02. The van der Waals surface area contributed by atoms with Gasteiger partial charge in [0.25, 0.3) is 0 Å². The molecule has 0 radical (unpaired) electrons. The molecule has 1 saturated heterocycles. The zero-order valence-corrected chi connectivity index (χ0v) is 14.0. The maximum atomic E-state index is 12.5. The van der Waals surface area contributed by atoms with Crippen molar-refractivity contribution in [1.82, 2.24) is 19.7 Å². The number of aromatic nitrogens is 3. The highest BCUT2D eigenvalue weighted by molar-refractivity contribution is 5.78. The van der Waals surface area contributed by atoms with Gasteiger partial charge in [-0.2, -0.15) is 5.10 Å². The minimum atomic E-state index is 0.00230. The van der Waals surface area contributed by atoms with Gasteiger partial charge in [0, 0.05) is 13.6 Å². The van der Waals surface area contributed by atoms with Gasteiger partial charge in [0.15, 0.2) is 5.82 Å². The number of nitrogens with zero attached hydrogens (tertiary/aromatic N) is 4. The molecule has 1 aliphatic rings. The molecule has 1 aliphatic heterocycles. The molecule has 0 saturated carbocycles. The second-order valence-corrected chi connectivity index (χ2v) is 5.81. The summed E-state index contributed by atoms with van der Waals surface area (Å²) in [5, 5.41) is 3.98. The largest absolute Gasteiger partial charge is 0.497 e. The van der Waals surface area contributed by atoms with E-state index in [0.717, 1.165) is 30.7 Å². The van der Waals surface area contributed by atoms with Crippen LogP contribution in [-0.4, -0.2) is 45.8 Å². The summed E-state index contributed by atoms with van der Waals surface area (Å²) in [5.74, 6) is 1.52. The van der Waals surface area contributed by atoms with E-state index in [2.05, 4.69) is 10.1 Å². The molecule has 2 aromatic rings. The van der Waals surface area contributed by atoms with Crippen LogP contribution in [0.5, 0.6) is 5.75 Å². The summed E-state index contributed by atoms with van der Waals surface area (Å²) in [5.41, 5.74) is 1.11. The summed E-state index contributed by atoms with van der Waals surface area (Å²) >= 11 is 0. The molecule has 0 N–H and O–H groups in total. The van der Waals surface area contributed by atoms with Crippen LogP contribution in [-0.2, 0) is 23.2 Å². The summed E-state index contributed by atoms with van der Waals surface area (Å²) in [6.45, 7) is 1.08. The van der Waals surface area contributed by atoms with E-state index in [1.54, 1.807) is 18.8 Å². The minimum absolute atomic E-state index is 0.00230. The lowest BCUT2D eigenvalue weighted by Crippen LogP contribution is -2.33. The van der Waals surface area contributed by atoms with Crippen molar-refractivity contribution in [3.8, 4) is 5.75 Å². The second kappa shape index (κ2) is 7.44. The lowest BCUT2D eigenvalue weighted by molar-refractivity contribution is -0.137. The van der Waals surface area contributed by atoms with Crippen molar-refractivity contribution in [1.29, 1.82) is 0 Å². The normalized spacial score (nSPS) is 17.2. The first-order chi connectivity index (χ1) is 11.7. The van der Waals surface area contributed by atoms with Crippen molar-refractivity contribution in [2.75, 3.05) is 20.3 Å². The van der Waals surface area contributed by atoms with Gasteiger partial charge in [-0.1, -0.05) is 12.1 Å². The Hall–Kier alpha value is -2.41. The second-order valence-electron chi connectivity index (χ2n) is 5.81. The van der Waals surface area contributed by atoms with Crippen LogP contribution >= 0.6 is 0 Å². The van der Waals surface area contributed by atoms with Gasteiger partial charge in [-0.15, -0.1) is 0 Å². The third-order valence-corrected chi connectivity index (χ3v) is 4.31. The third-order valence-electron chi connectivity index (χ3n) is 4.31. The third kappa shape index (κ3) is 3.56. The van der Waals surface area contributed by atoms with Crippen molar-refractivity contribution in [3.63, 3.8) is 0 Å². The molecule has 1 fully saturated rings. The molecule has 1 unspecified atom stereocenters. The van der Waals surface area contributed by atoms with Crippen molar-refractivity contribution in [3.05, 3.63) is 42.0 Å². The lowest BCUT2D eigenvalue weighted by atomic mass is 10.0. The van der Waals surface area contributed by atoms with Gasteiger partial charge in [-0.3, -0.25) is 9.48 Å². The van der Waals surface area contributed by atoms with Crippen LogP contribution in [0.15, 0.2) is 30.6 Å². The lowest BCUT2D eigenvalue weighted by Gasteiger charge is -2.25. The maximum Gasteiger partial charge on any atom is 0.249 e. The molecular weight excluding hydrogens is 308 g/mol. The number of amides is 1. The first-order valence-corrected chi connectivity index (χ1v) is 8.03. The van der Waals surface area contributed by atoms with Crippen LogP contribution in [0, 0.1) is 0 Å². The molecule has 0 aliphatic carbocycles. The Labute approximate surface area is 141 Å². The van der Waals surface area contributed by atoms with Gasteiger partial charge in [0.2, 0.25) is 5.91 Å². The summed E-state index contributed by atoms with van der Waals surface area (Å²) in [6.07, 6.45) is 3.43. The molecule has 1 aromatic heterocycles. The molecule has 0 bridgehead atoms. The van der Waals surface area contributed by atoms with Crippen molar-refractivity contribution >= 4 is 5.91 Å². The smallest absolute Gasteiger partial charge is 0.249 e. The van der Waals surface area contributed by atoms with E-state index < -0.39 is 0 Å². The van der Waals surface area contributed by atoms with Crippen molar-refractivity contribution in [2.45, 2.75) is 25.5 Å². The van der Waals surface area contributed by atoms with Gasteiger partial charge >= 0.3 is 0 Å². The standard InChI is InChI=1S/C17H22N4O3/c1-20-16(18-12-19-20)10-24-11-17(22)21-8-4-7-15(21)13-5-3-6-14(9-13)23-2/h3,5-6,9,12,15H,4,7-8,10-11H2,1-2H3. The number of likely N-dealkylation sites (tertiary alicyclic amines) is 1. The van der Waals surface area contributed by atoms with E-state index in [-0.39, 0.29) is 25.2 Å². The average Bonchev–Trinajstić information content (AvgIpc) is 3.24. The Bertz CT molecular complexity index is 701. The zero-order chi connectivity index (χ0) is 16.9. The van der Waals surface area contributed by atoms with E-state index in [0.29, 0.717) is 5.82 Å². The summed E-state index contributed by atoms with van der Waals surface area (Å²) < 4.78 is 12.4. The van der Waals surface area contributed by atoms with Crippen LogP contribution in [0.25, 0.3) is 0 Å². The van der Waals surface area contributed by atoms with Crippen molar-refractivity contribution in [2.24, 2.45) is 7.05 Å². The fourth-order valence-electron chi connectivity index (χ4n) is 3.02. The molecule has 0 spiro atoms. The number of carbonyl (C=O) groups excluding carboxylic acids is 1.